The summed E-state index contributed by atoms with van der Waals surface area (Å²) in [5.74, 6) is 0.307. The normalized spacial score (nSPS) is 20.3. The monoisotopic (exact) mass is 682 g/mol. The summed E-state index contributed by atoms with van der Waals surface area (Å²) in [5.41, 5.74) is 4.06. The van der Waals surface area contributed by atoms with E-state index in [1.54, 1.807) is 6.07 Å². The highest BCUT2D eigenvalue weighted by Gasteiger charge is 2.50. The maximum atomic E-state index is 11.1. The van der Waals surface area contributed by atoms with E-state index in [1.807, 2.05) is 152 Å². The van der Waals surface area contributed by atoms with Gasteiger partial charge in [0.2, 0.25) is 6.29 Å². The molecule has 0 bridgehead atoms. The van der Waals surface area contributed by atoms with Crippen molar-refractivity contribution in [3.63, 3.8) is 0 Å². The largest absolute Gasteiger partial charge is 0.504 e. The van der Waals surface area contributed by atoms with Crippen LogP contribution in [0.1, 0.15) is 22.3 Å². The topological polar surface area (TPSA) is 75.6 Å². The average Bonchev–Trinajstić information content (AvgIpc) is 3.19. The van der Waals surface area contributed by atoms with Gasteiger partial charge in [-0.2, -0.15) is 0 Å². The first-order valence-electron chi connectivity index (χ1n) is 17.3. The van der Waals surface area contributed by atoms with Crippen LogP contribution in [0.2, 0.25) is 0 Å². The molecule has 6 aromatic rings. The predicted octanol–water partition coefficient (Wildman–Crippen LogP) is 8.62. The zero-order valence-electron chi connectivity index (χ0n) is 28.3. The number of aromatic hydroxyl groups is 1. The van der Waals surface area contributed by atoms with Crippen molar-refractivity contribution in [3.05, 3.63) is 180 Å². The van der Waals surface area contributed by atoms with Crippen LogP contribution in [-0.4, -0.2) is 42.4 Å². The minimum atomic E-state index is -0.993. The van der Waals surface area contributed by atoms with Crippen molar-refractivity contribution < 1.29 is 33.5 Å². The predicted molar refractivity (Wildman–Crippen MR) is 196 cm³/mol. The third kappa shape index (κ3) is 9.02. The lowest BCUT2D eigenvalue weighted by Gasteiger charge is -2.45. The van der Waals surface area contributed by atoms with Gasteiger partial charge in [0.05, 0.1) is 33.0 Å². The van der Waals surface area contributed by atoms with E-state index in [9.17, 15) is 5.11 Å². The summed E-state index contributed by atoms with van der Waals surface area (Å²) >= 11 is 0. The Kier molecular flexibility index (Phi) is 11.7. The summed E-state index contributed by atoms with van der Waals surface area (Å²) in [6.07, 6.45) is -3.63. The van der Waals surface area contributed by atoms with E-state index >= 15 is 0 Å². The van der Waals surface area contributed by atoms with Crippen molar-refractivity contribution in [2.45, 2.75) is 57.1 Å². The summed E-state index contributed by atoms with van der Waals surface area (Å²) < 4.78 is 40.1. The molecule has 0 unspecified atom stereocenters. The number of fused-ring (bicyclic) bond motifs is 1. The molecule has 0 amide bonds. The second kappa shape index (κ2) is 17.3. The van der Waals surface area contributed by atoms with Gasteiger partial charge in [-0.15, -0.1) is 0 Å². The minimum Gasteiger partial charge on any atom is -0.504 e. The van der Waals surface area contributed by atoms with Crippen LogP contribution in [0.5, 0.6) is 11.5 Å². The molecule has 7 nitrogen and oxygen atoms in total. The molecule has 51 heavy (non-hydrogen) atoms. The number of benzene rings is 6. The molecular formula is C44H42O7. The first kappa shape index (κ1) is 34.4. The van der Waals surface area contributed by atoms with Crippen LogP contribution < -0.4 is 4.74 Å². The van der Waals surface area contributed by atoms with Crippen LogP contribution in [0.4, 0.5) is 0 Å². The average molecular weight is 683 g/mol. The Bertz CT molecular complexity index is 1920. The van der Waals surface area contributed by atoms with E-state index < -0.39 is 30.7 Å². The molecule has 0 aliphatic carbocycles. The van der Waals surface area contributed by atoms with Crippen molar-refractivity contribution in [2.75, 3.05) is 6.61 Å². The van der Waals surface area contributed by atoms with Gasteiger partial charge in [0, 0.05) is 5.39 Å². The van der Waals surface area contributed by atoms with Gasteiger partial charge >= 0.3 is 0 Å². The maximum absolute atomic E-state index is 11.1. The van der Waals surface area contributed by atoms with Crippen LogP contribution in [0.3, 0.4) is 0 Å². The van der Waals surface area contributed by atoms with Crippen molar-refractivity contribution in [1.29, 1.82) is 0 Å². The highest BCUT2D eigenvalue weighted by atomic mass is 16.7. The third-order valence-electron chi connectivity index (χ3n) is 8.93. The summed E-state index contributed by atoms with van der Waals surface area (Å²) in [7, 11) is 0. The fraction of sp³-hybridized carbons (Fsp3) is 0.227. The van der Waals surface area contributed by atoms with Crippen molar-refractivity contribution in [3.8, 4) is 11.5 Å². The smallest absolute Gasteiger partial charge is 0.229 e. The molecule has 0 spiro atoms. The maximum Gasteiger partial charge on any atom is 0.229 e. The molecule has 1 aliphatic rings. The zero-order chi connectivity index (χ0) is 34.7. The Hall–Kier alpha value is -5.02. The van der Waals surface area contributed by atoms with Gasteiger partial charge < -0.3 is 33.5 Å². The Balaban J connectivity index is 1.25. The van der Waals surface area contributed by atoms with Crippen molar-refractivity contribution >= 4 is 10.8 Å². The van der Waals surface area contributed by atoms with Gasteiger partial charge in [-0.3, -0.25) is 0 Å². The summed E-state index contributed by atoms with van der Waals surface area (Å²) in [6.45, 7) is 1.52. The first-order valence-corrected chi connectivity index (χ1v) is 17.3. The Morgan fingerprint density at radius 2 is 0.941 bits per heavy atom. The number of hydrogen-bond acceptors (Lipinski definition) is 7. The molecule has 1 aliphatic heterocycles. The van der Waals surface area contributed by atoms with Crippen LogP contribution >= 0.6 is 0 Å². The van der Waals surface area contributed by atoms with Crippen LogP contribution in [0, 0.1) is 0 Å². The Labute approximate surface area is 298 Å². The summed E-state index contributed by atoms with van der Waals surface area (Å²) in [4.78, 5) is 0. The lowest BCUT2D eigenvalue weighted by molar-refractivity contribution is -0.310. The minimum absolute atomic E-state index is 0.000178. The molecule has 1 saturated heterocycles. The number of rotatable bonds is 15. The highest BCUT2D eigenvalue weighted by molar-refractivity contribution is 5.90. The van der Waals surface area contributed by atoms with Gasteiger partial charge in [-0.1, -0.05) is 152 Å². The summed E-state index contributed by atoms with van der Waals surface area (Å²) in [6, 6.07) is 51.3. The second-order valence-corrected chi connectivity index (χ2v) is 12.6. The van der Waals surface area contributed by atoms with Gasteiger partial charge in [-0.25, -0.2) is 0 Å². The van der Waals surface area contributed by atoms with E-state index in [2.05, 4.69) is 0 Å². The number of phenolic OH excluding ortho intramolecular Hbond substituents is 1. The lowest BCUT2D eigenvalue weighted by atomic mass is 9.97. The van der Waals surface area contributed by atoms with Crippen LogP contribution in [0.25, 0.3) is 10.8 Å². The molecule has 5 atom stereocenters. The van der Waals surface area contributed by atoms with Gasteiger partial charge in [0.1, 0.15) is 24.4 Å². The van der Waals surface area contributed by atoms with E-state index in [1.165, 1.54) is 0 Å². The molecule has 7 rings (SSSR count). The standard InChI is InChI=1S/C44H42O7/c45-38-26-25-36-23-13-14-24-37(36)40(38)51-44-43(49-30-35-21-11-4-12-22-35)42(48-29-34-19-9-3-10-20-34)41(47-28-33-17-7-2-8-18-33)39(50-44)31-46-27-32-15-5-1-6-16-32/h1-26,39,41-45H,27-31H2/t39-,41-,42+,43-,44+/m1/s1. The third-order valence-corrected chi connectivity index (χ3v) is 8.93. The van der Waals surface area contributed by atoms with E-state index in [4.69, 9.17) is 28.4 Å². The Morgan fingerprint density at radius 3 is 1.51 bits per heavy atom. The molecule has 260 valence electrons. The quantitative estimate of drug-likeness (QED) is 0.116. The van der Waals surface area contributed by atoms with Crippen molar-refractivity contribution in [1.82, 2.24) is 0 Å². The van der Waals surface area contributed by atoms with Crippen molar-refractivity contribution in [2.24, 2.45) is 0 Å². The first-order chi connectivity index (χ1) is 25.2. The van der Waals surface area contributed by atoms with Crippen LogP contribution in [0.15, 0.2) is 158 Å². The molecule has 1 fully saturated rings. The Morgan fingerprint density at radius 1 is 0.471 bits per heavy atom. The molecule has 0 radical (unpaired) electrons. The summed E-state index contributed by atoms with van der Waals surface area (Å²) in [5, 5.41) is 12.8. The number of ether oxygens (including phenoxy) is 6. The SMILES string of the molecule is Oc1ccc2ccccc2c1O[C@@H]1O[C@H](COCc2ccccc2)[C@@H](OCc2ccccc2)[C@H](OCc2ccccc2)[C@H]1OCc1ccccc1. The molecular weight excluding hydrogens is 640 g/mol. The fourth-order valence-electron chi connectivity index (χ4n) is 6.31. The molecule has 1 heterocycles. The van der Waals surface area contributed by atoms with Crippen LogP contribution in [-0.2, 0) is 50.1 Å². The molecule has 6 aromatic carbocycles. The van der Waals surface area contributed by atoms with Gasteiger partial charge in [0.15, 0.2) is 11.5 Å². The van der Waals surface area contributed by atoms with E-state index in [0.717, 1.165) is 33.0 Å². The fourth-order valence-corrected chi connectivity index (χ4v) is 6.31. The highest BCUT2D eigenvalue weighted by Crippen LogP contribution is 2.39. The van der Waals surface area contributed by atoms with E-state index in [-0.39, 0.29) is 19.0 Å². The molecule has 1 N–H and O–H groups in total. The van der Waals surface area contributed by atoms with Gasteiger partial charge in [0.25, 0.3) is 0 Å². The lowest BCUT2D eigenvalue weighted by Crippen LogP contribution is -2.62. The molecule has 7 heteroatoms. The number of phenols is 1. The number of hydrogen-bond donors (Lipinski definition) is 1. The van der Waals surface area contributed by atoms with Gasteiger partial charge in [-0.05, 0) is 33.7 Å². The van der Waals surface area contributed by atoms with E-state index in [0.29, 0.717) is 25.6 Å². The second-order valence-electron chi connectivity index (χ2n) is 12.6. The molecule has 0 aromatic heterocycles. The zero-order valence-corrected chi connectivity index (χ0v) is 28.3. The molecule has 0 saturated carbocycles.